The van der Waals surface area contributed by atoms with Crippen molar-refractivity contribution in [3.8, 4) is 0 Å². The summed E-state index contributed by atoms with van der Waals surface area (Å²) in [6, 6.07) is 9.04. The van der Waals surface area contributed by atoms with Crippen molar-refractivity contribution in [2.45, 2.75) is 44.2 Å². The average Bonchev–Trinajstić information content (AvgIpc) is 3.06. The molecule has 7 heteroatoms. The van der Waals surface area contributed by atoms with E-state index in [4.69, 9.17) is 24.5 Å². The van der Waals surface area contributed by atoms with Crippen LogP contribution in [0.25, 0.3) is 10.9 Å². The lowest BCUT2D eigenvalue weighted by Crippen LogP contribution is -2.43. The third kappa shape index (κ3) is 5.57. The van der Waals surface area contributed by atoms with Crippen LogP contribution in [0.2, 0.25) is 0 Å². The number of para-hydroxylation sites is 1. The molecule has 4 N–H and O–H groups in total. The molecular formula is C19H26N2O5. The highest BCUT2D eigenvalue weighted by molar-refractivity contribution is 6.27. The van der Waals surface area contributed by atoms with Gasteiger partial charge in [-0.15, -0.1) is 0 Å². The Bertz CT molecular complexity index is 716. The van der Waals surface area contributed by atoms with Gasteiger partial charge in [-0.2, -0.15) is 0 Å². The molecule has 1 aliphatic carbocycles. The summed E-state index contributed by atoms with van der Waals surface area (Å²) in [7, 11) is 1.84. The number of aliphatic carboxylic acids is 2. The lowest BCUT2D eigenvalue weighted by atomic mass is 9.92. The van der Waals surface area contributed by atoms with Crippen molar-refractivity contribution in [3.05, 3.63) is 36.0 Å². The van der Waals surface area contributed by atoms with Gasteiger partial charge in [0.2, 0.25) is 0 Å². The number of methoxy groups -OCH3 is 1. The Balaban J connectivity index is 0.000000352. The summed E-state index contributed by atoms with van der Waals surface area (Å²) in [4.78, 5) is 21.5. The van der Waals surface area contributed by atoms with Gasteiger partial charge in [-0.05, 0) is 37.4 Å². The van der Waals surface area contributed by atoms with Crippen LogP contribution in [0.3, 0.4) is 0 Å². The van der Waals surface area contributed by atoms with E-state index in [0.717, 1.165) is 13.0 Å². The molecule has 142 valence electrons. The number of aromatic amines is 1. The largest absolute Gasteiger partial charge is 0.473 e. The van der Waals surface area contributed by atoms with Crippen molar-refractivity contribution in [1.82, 2.24) is 10.3 Å². The van der Waals surface area contributed by atoms with Gasteiger partial charge in [0, 0.05) is 30.3 Å². The quantitative estimate of drug-likeness (QED) is 0.608. The number of hydrogen-bond donors (Lipinski definition) is 4. The normalized spacial score (nSPS) is 19.6. The van der Waals surface area contributed by atoms with Crippen molar-refractivity contribution >= 4 is 22.8 Å². The Morgan fingerprint density at radius 2 is 1.88 bits per heavy atom. The molecule has 26 heavy (non-hydrogen) atoms. The highest BCUT2D eigenvalue weighted by Gasteiger charge is 2.23. The molecule has 0 saturated heterocycles. The molecule has 1 aromatic carbocycles. The molecule has 1 heterocycles. The van der Waals surface area contributed by atoms with Gasteiger partial charge in [0.05, 0.1) is 6.10 Å². The molecule has 1 saturated carbocycles. The van der Waals surface area contributed by atoms with E-state index in [0.29, 0.717) is 12.1 Å². The minimum atomic E-state index is -1.82. The first-order chi connectivity index (χ1) is 12.5. The Morgan fingerprint density at radius 1 is 1.19 bits per heavy atom. The van der Waals surface area contributed by atoms with E-state index in [1.54, 1.807) is 0 Å². The number of carboxylic acids is 2. The van der Waals surface area contributed by atoms with Gasteiger partial charge in [0.25, 0.3) is 0 Å². The number of H-pyrrole nitrogens is 1. The standard InChI is InChI=1S/C17H24N2O.C2H2O4/c1-20-17-9-5-4-8-16(17)18-11-10-13-12-19-15-7-3-2-6-14(13)15;3-1(4)2(5)6/h2-3,6-7,12,16-19H,4-5,8-11H2,1H3;(H,3,4)(H,5,6). The highest BCUT2D eigenvalue weighted by Crippen LogP contribution is 2.21. The fraction of sp³-hybridized carbons (Fsp3) is 0.474. The summed E-state index contributed by atoms with van der Waals surface area (Å²) in [5.41, 5.74) is 2.63. The van der Waals surface area contributed by atoms with E-state index in [9.17, 15) is 0 Å². The zero-order valence-corrected chi connectivity index (χ0v) is 14.9. The molecule has 2 unspecified atom stereocenters. The molecule has 0 bridgehead atoms. The van der Waals surface area contributed by atoms with Crippen molar-refractivity contribution in [1.29, 1.82) is 0 Å². The molecule has 1 aliphatic rings. The number of benzene rings is 1. The molecule has 2 atom stereocenters. The van der Waals surface area contributed by atoms with Gasteiger partial charge in [-0.1, -0.05) is 31.0 Å². The van der Waals surface area contributed by atoms with Crippen molar-refractivity contribution in [3.63, 3.8) is 0 Å². The second-order valence-corrected chi connectivity index (χ2v) is 6.34. The maximum absolute atomic E-state index is 9.10. The first-order valence-corrected chi connectivity index (χ1v) is 8.80. The third-order valence-electron chi connectivity index (χ3n) is 4.66. The number of carbonyl (C=O) groups is 2. The fourth-order valence-corrected chi connectivity index (χ4v) is 3.34. The molecule has 1 fully saturated rings. The monoisotopic (exact) mass is 362 g/mol. The van der Waals surface area contributed by atoms with Crippen LogP contribution in [0.4, 0.5) is 0 Å². The molecule has 2 aromatic rings. The minimum Gasteiger partial charge on any atom is -0.473 e. The number of nitrogens with one attached hydrogen (secondary N) is 2. The first kappa shape index (κ1) is 19.9. The minimum absolute atomic E-state index is 0.395. The molecule has 3 rings (SSSR count). The molecule has 0 amide bonds. The van der Waals surface area contributed by atoms with Crippen LogP contribution in [-0.2, 0) is 20.7 Å². The van der Waals surface area contributed by atoms with E-state index < -0.39 is 11.9 Å². The summed E-state index contributed by atoms with van der Waals surface area (Å²) >= 11 is 0. The van der Waals surface area contributed by atoms with Gasteiger partial charge in [-0.25, -0.2) is 9.59 Å². The number of ether oxygens (including phenoxy) is 1. The van der Waals surface area contributed by atoms with Crippen molar-refractivity contribution in [2.24, 2.45) is 0 Å². The average molecular weight is 362 g/mol. The highest BCUT2D eigenvalue weighted by atomic mass is 16.5. The van der Waals surface area contributed by atoms with Gasteiger partial charge < -0.3 is 25.3 Å². The zero-order chi connectivity index (χ0) is 18.9. The Hall–Kier alpha value is -2.38. The van der Waals surface area contributed by atoms with Crippen LogP contribution in [0.5, 0.6) is 0 Å². The Morgan fingerprint density at radius 3 is 2.58 bits per heavy atom. The number of carboxylic acid groups (broad SMARTS) is 2. The summed E-state index contributed by atoms with van der Waals surface area (Å²) in [5.74, 6) is -3.65. The van der Waals surface area contributed by atoms with E-state index >= 15 is 0 Å². The van der Waals surface area contributed by atoms with E-state index in [-0.39, 0.29) is 0 Å². The van der Waals surface area contributed by atoms with Crippen LogP contribution in [0.15, 0.2) is 30.5 Å². The van der Waals surface area contributed by atoms with Crippen LogP contribution in [-0.4, -0.2) is 52.9 Å². The van der Waals surface area contributed by atoms with Crippen molar-refractivity contribution in [2.75, 3.05) is 13.7 Å². The Labute approximate surface area is 152 Å². The lowest BCUT2D eigenvalue weighted by molar-refractivity contribution is -0.159. The topological polar surface area (TPSA) is 112 Å². The van der Waals surface area contributed by atoms with Gasteiger partial charge in [0.15, 0.2) is 0 Å². The predicted octanol–water partition coefficient (Wildman–Crippen LogP) is 2.41. The Kier molecular flexibility index (Phi) is 7.62. The fourth-order valence-electron chi connectivity index (χ4n) is 3.34. The molecule has 0 aliphatic heterocycles. The summed E-state index contributed by atoms with van der Waals surface area (Å²) in [5, 5.41) is 19.8. The van der Waals surface area contributed by atoms with Crippen LogP contribution < -0.4 is 5.32 Å². The first-order valence-electron chi connectivity index (χ1n) is 8.80. The predicted molar refractivity (Wildman–Crippen MR) is 98.3 cm³/mol. The summed E-state index contributed by atoms with van der Waals surface area (Å²) in [6.07, 6.45) is 8.67. The maximum atomic E-state index is 9.10. The van der Waals surface area contributed by atoms with E-state index in [1.807, 2.05) is 7.11 Å². The van der Waals surface area contributed by atoms with Gasteiger partial charge in [-0.3, -0.25) is 0 Å². The van der Waals surface area contributed by atoms with Crippen LogP contribution in [0.1, 0.15) is 31.2 Å². The van der Waals surface area contributed by atoms with Gasteiger partial charge >= 0.3 is 11.9 Å². The lowest BCUT2D eigenvalue weighted by Gasteiger charge is -2.31. The van der Waals surface area contributed by atoms with Crippen molar-refractivity contribution < 1.29 is 24.5 Å². The molecule has 7 nitrogen and oxygen atoms in total. The number of fused-ring (bicyclic) bond motifs is 1. The SMILES string of the molecule is COC1CCCCC1NCCc1c[nH]c2ccccc12.O=C(O)C(=O)O. The number of hydrogen-bond acceptors (Lipinski definition) is 4. The molecule has 0 spiro atoms. The second kappa shape index (κ2) is 9.94. The molecule has 1 aromatic heterocycles. The second-order valence-electron chi connectivity index (χ2n) is 6.34. The molecular weight excluding hydrogens is 336 g/mol. The zero-order valence-electron chi connectivity index (χ0n) is 14.9. The molecule has 0 radical (unpaired) electrons. The number of rotatable bonds is 5. The maximum Gasteiger partial charge on any atom is 0.414 e. The van der Waals surface area contributed by atoms with Gasteiger partial charge in [0.1, 0.15) is 0 Å². The summed E-state index contributed by atoms with van der Waals surface area (Å²) < 4.78 is 5.59. The number of aromatic nitrogens is 1. The van der Waals surface area contributed by atoms with E-state index in [2.05, 4.69) is 40.8 Å². The summed E-state index contributed by atoms with van der Waals surface area (Å²) in [6.45, 7) is 1.02. The third-order valence-corrected chi connectivity index (χ3v) is 4.66. The van der Waals surface area contributed by atoms with Crippen LogP contribution >= 0.6 is 0 Å². The smallest absolute Gasteiger partial charge is 0.414 e. The van der Waals surface area contributed by atoms with Crippen LogP contribution in [0, 0.1) is 0 Å². The van der Waals surface area contributed by atoms with E-state index in [1.165, 1.54) is 42.1 Å².